The number of nitrogens with one attached hydrogen (secondary N) is 6. The molecule has 0 saturated carbocycles. The number of aromatic amines is 6. The lowest BCUT2D eigenvalue weighted by molar-refractivity contribution is -0.0541. The van der Waals surface area contributed by atoms with Crippen LogP contribution in [0.3, 0.4) is 0 Å². The number of H-pyrrole nitrogens is 6. The molecule has 32 atom stereocenters. The van der Waals surface area contributed by atoms with Crippen molar-refractivity contribution < 1.29 is 172 Å². The molecule has 0 spiro atoms. The first-order chi connectivity index (χ1) is 66.0. The molecule has 68 heteroatoms. The van der Waals surface area contributed by atoms with Crippen LogP contribution in [0.2, 0.25) is 0 Å². The second kappa shape index (κ2) is 51.1. The van der Waals surface area contributed by atoms with E-state index in [-0.39, 0.29) is 54.2 Å². The van der Waals surface area contributed by atoms with E-state index in [0.29, 0.717) is 9.21 Å². The van der Waals surface area contributed by atoms with E-state index in [1.807, 2.05) is 9.97 Å². The first-order valence-corrected chi connectivity index (χ1v) is 44.1. The van der Waals surface area contributed by atoms with E-state index in [2.05, 4.69) is 54.3 Å². The molecule has 26 N–H and O–H groups in total. The van der Waals surface area contributed by atoms with Gasteiger partial charge in [-0.1, -0.05) is 48.9 Å². The normalized spacial score (nSPS) is 32.3. The Labute approximate surface area is 824 Å². The van der Waals surface area contributed by atoms with Gasteiger partial charge >= 0.3 is 11.4 Å². The highest BCUT2D eigenvalue weighted by Gasteiger charge is 2.52. The van der Waals surface area contributed by atoms with Crippen molar-refractivity contribution in [3.8, 4) is 0 Å². The van der Waals surface area contributed by atoms with E-state index in [1.54, 1.807) is 6.07 Å². The average Bonchev–Trinajstić information content (AvgIpc) is 1.63. The number of halogens is 12. The molecule has 8 aromatic heterocycles. The second-order valence-corrected chi connectivity index (χ2v) is 34.1. The number of nitrogen functional groups attached to an aromatic ring is 2. The molecule has 0 radical (unpaired) electrons. The number of rotatable bonds is 16. The van der Waals surface area contributed by atoms with Gasteiger partial charge in [0.05, 0.1) is 65.2 Å². The number of nitrogens with zero attached hydrogens (tertiary/aromatic N) is 10. The topological polar surface area (TPSA) is 678 Å². The van der Waals surface area contributed by atoms with Gasteiger partial charge in [0.2, 0.25) is 15.4 Å². The van der Waals surface area contributed by atoms with Crippen molar-refractivity contribution in [1.82, 2.24) is 76.4 Å². The van der Waals surface area contributed by atoms with Crippen molar-refractivity contribution in [3.05, 3.63) is 186 Å². The van der Waals surface area contributed by atoms with Gasteiger partial charge in [0.1, 0.15) is 122 Å². The van der Waals surface area contributed by atoms with Gasteiger partial charge < -0.3 is 141 Å². The minimum absolute atomic E-state index is 0.00348. The lowest BCUT2D eigenvalue weighted by atomic mass is 10.1. The molecule has 16 rings (SSSR count). The SMILES string of the molecule is Nc1ccn([C@@H]2O[C@H](CO)[C@H](F)C2O)c(=S)n1.Nc1nc(=S)n([C@@H]2O[C@H](CO)[C@H](F)C2O)cc1F.O=c1[nH]c(=S)c(F)cn1[C@@H]1O[C@H](CO)[C@H](F)C1O.O=c1[nH]c(=S)ccn1[C@@H]1O[C@H](CO)[C@H](F)C1O.O=c1[nH]c(=S)n([C@@H]2O[C@H](CO)[C@H](F)C2O)cc1F.O=c1ccn([C@@H]2O[C@H](CO)[C@H](F)C2O)c(=S)[nH]1.OC[C@H]1O[C@@H](n2cc(F)c(=S)[nH]c2=S)C(O)[C@H]1F.OC[C@H]1O[C@@H](n2ccc(=S)[nH]c2=S)C(O)[C@H]1F. The highest BCUT2D eigenvalue weighted by molar-refractivity contribution is 7.73. The Morgan fingerprint density at radius 1 is 0.300 bits per heavy atom. The predicted octanol–water partition coefficient (Wildman–Crippen LogP) is -0.170. The highest BCUT2D eigenvalue weighted by Crippen LogP contribution is 2.39. The lowest BCUT2D eigenvalue weighted by Crippen LogP contribution is -2.34. The van der Waals surface area contributed by atoms with Gasteiger partial charge in [0.15, 0.2) is 142 Å². The molecule has 16 heterocycles. The van der Waals surface area contributed by atoms with Crippen LogP contribution in [-0.4, -0.2) is 358 Å². The van der Waals surface area contributed by atoms with Crippen LogP contribution in [0.4, 0.5) is 64.3 Å². The summed E-state index contributed by atoms with van der Waals surface area (Å²) < 4.78 is 210. The third-order valence-corrected chi connectivity index (χ3v) is 24.0. The smallest absolute Gasteiger partial charge is 0.328 e. The van der Waals surface area contributed by atoms with Crippen molar-refractivity contribution in [1.29, 1.82) is 0 Å². The maximum atomic E-state index is 13.5. The van der Waals surface area contributed by atoms with E-state index >= 15 is 0 Å². The molecule has 0 aromatic carbocycles. The standard InChI is InChI=1S/C9H11F2N3O3S.2C9H10F2N2O4S.C9H10F2N2O3S2.C9H12FN3O3S.2C9H11FN2O4S.C9H11FN2O3S2/c10-3-1-14(9(18)13-7(3)12)8-6(16)5(11)4(2-15)17-8;10-3-1-13(9(16)12-7(3)18)8-6(15)5(11)4(2-14)17-8;10-3-1-13(9(18)12-7(3)16)8-6(15)5(11)4(2-14)17-8;10-3-1-13(9(18)12-7(3)17)8-6(15)5(11)4(2-14)16-8;10-6-4(3-14)16-8(7(6)15)13-2-1-5(11)12-9(13)17;10-6-4(3-13)16-8(7(6)14)12-2-1-5(17)11-9(12)15;10-6-4(3-13)16-8(7(6)15)12-2-1-5(14)11-9(12)17;10-6-4(3-13)15-8(7(6)14)12-2-1-5(16)11-9(12)17/h1,4-6,8,15-16H,2H2,(H2,12,13,18);2*1,4-6,8,14-15H,2H2,(H,12,16,18);1,4-6,8,14-15H,2H2,(H,12,17,18);1-2,4,6-8,14-15H,3H2,(H2,11,12,17);1-2,4,6-8,13-14H,3H2,(H,11,15,17);1-2,4,6-8,13,15H,3H2,(H,11,14,17);1-2,4,6-8,13-14H,3H2,(H,11,16,17)/t4*4-,5+,6?,8-;4*4-,6+,7?,8-/m11111111/s1. The molecule has 0 aliphatic carbocycles. The Morgan fingerprint density at radius 3 is 0.914 bits per heavy atom. The van der Waals surface area contributed by atoms with Crippen LogP contribution in [0, 0.1) is 70.5 Å². The summed E-state index contributed by atoms with van der Waals surface area (Å²) in [6, 6.07) is 5.63. The summed E-state index contributed by atoms with van der Waals surface area (Å²) in [5.41, 5.74) is 7.80. The third-order valence-electron chi connectivity index (χ3n) is 21.0. The maximum Gasteiger partial charge on any atom is 0.328 e. The Morgan fingerprint density at radius 2 is 0.564 bits per heavy atom. The summed E-state index contributed by atoms with van der Waals surface area (Å²) in [7, 11) is 0. The third kappa shape index (κ3) is 26.8. The number of aliphatic hydroxyl groups excluding tert-OH is 16. The Balaban J connectivity index is 0.000000179. The molecule has 46 nitrogen and oxygen atoms in total. The maximum absolute atomic E-state index is 13.5. The Hall–Kier alpha value is -8.16. The highest BCUT2D eigenvalue weighted by atomic mass is 32.1. The number of aliphatic hydroxyl groups is 16. The molecule has 140 heavy (non-hydrogen) atoms. The van der Waals surface area contributed by atoms with E-state index < -0.39 is 295 Å². The number of anilines is 2. The zero-order valence-electron chi connectivity index (χ0n) is 70.4. The number of hydrogen-bond acceptors (Lipinski definition) is 42. The first-order valence-electron chi connectivity index (χ1n) is 40.0. The molecule has 776 valence electrons. The first kappa shape index (κ1) is 115. The van der Waals surface area contributed by atoms with Gasteiger partial charge in [-0.2, -0.15) is 9.37 Å². The van der Waals surface area contributed by atoms with Gasteiger partial charge in [-0.25, -0.2) is 62.9 Å². The van der Waals surface area contributed by atoms with Crippen LogP contribution in [0.15, 0.2) is 93.0 Å². The largest absolute Gasteiger partial charge is 0.394 e. The van der Waals surface area contributed by atoms with Gasteiger partial charge in [0, 0.05) is 43.2 Å². The second-order valence-electron chi connectivity index (χ2n) is 30.2. The summed E-state index contributed by atoms with van der Waals surface area (Å²) in [4.78, 5) is 66.1. The van der Waals surface area contributed by atoms with E-state index in [1.165, 1.54) is 56.7 Å². The van der Waals surface area contributed by atoms with Gasteiger partial charge in [0.25, 0.3) is 11.1 Å². The van der Waals surface area contributed by atoms with E-state index in [0.717, 1.165) is 43.1 Å². The van der Waals surface area contributed by atoms with Crippen molar-refractivity contribution >= 4 is 134 Å². The summed E-state index contributed by atoms with van der Waals surface area (Å²) in [6.45, 7) is -4.59. The lowest BCUT2D eigenvalue weighted by Gasteiger charge is -2.18. The molecule has 8 unspecified atom stereocenters. The average molecular weight is 2200 g/mol. The van der Waals surface area contributed by atoms with Crippen LogP contribution < -0.4 is 34.0 Å². The monoisotopic (exact) mass is 2200 g/mol. The van der Waals surface area contributed by atoms with Gasteiger partial charge in [-0.3, -0.25) is 66.1 Å². The van der Waals surface area contributed by atoms with Crippen LogP contribution in [0.25, 0.3) is 0 Å². The minimum Gasteiger partial charge on any atom is -0.394 e. The zero-order chi connectivity index (χ0) is 104. The minimum atomic E-state index is -1.86. The molecular formula is C72H86F12N18O28S10. The molecule has 8 saturated heterocycles. The van der Waals surface area contributed by atoms with Crippen molar-refractivity contribution in [2.24, 2.45) is 0 Å². The van der Waals surface area contributed by atoms with Crippen molar-refractivity contribution in [2.75, 3.05) is 64.3 Å². The van der Waals surface area contributed by atoms with Crippen LogP contribution in [0.1, 0.15) is 49.8 Å². The van der Waals surface area contributed by atoms with E-state index in [4.69, 9.17) is 188 Å². The summed E-state index contributed by atoms with van der Waals surface area (Å²) in [5, 5.41) is 148. The molecular weight excluding hydrogens is 2110 g/mol. The van der Waals surface area contributed by atoms with Gasteiger partial charge in [-0.05, 0) is 91.5 Å². The number of ether oxygens (including phenoxy) is 8. The summed E-state index contributed by atoms with van der Waals surface area (Å²) in [6.07, 6.45) is -35.7. The number of hydrogen-bond donors (Lipinski definition) is 24. The molecule has 0 bridgehead atoms. The van der Waals surface area contributed by atoms with Gasteiger partial charge in [-0.15, -0.1) is 0 Å². The Bertz CT molecular complexity index is 6020. The Kier molecular flexibility index (Phi) is 42.1. The van der Waals surface area contributed by atoms with Crippen molar-refractivity contribution in [3.63, 3.8) is 0 Å². The summed E-state index contributed by atoms with van der Waals surface area (Å²) >= 11 is 48.1. The van der Waals surface area contributed by atoms with Crippen molar-refractivity contribution in [2.45, 2.75) is 197 Å². The fourth-order valence-corrected chi connectivity index (χ4v) is 16.1. The van der Waals surface area contributed by atoms with E-state index in [9.17, 15) is 113 Å². The number of aromatic nitrogens is 16. The van der Waals surface area contributed by atoms with Crippen LogP contribution in [0.5, 0.6) is 0 Å². The fourth-order valence-electron chi connectivity index (χ4n) is 13.8. The number of nitrogens with two attached hydrogens (primary N) is 2. The number of alkyl halides is 8. The summed E-state index contributed by atoms with van der Waals surface area (Å²) in [5.74, 6) is -3.82. The van der Waals surface area contributed by atoms with Crippen LogP contribution in [-0.2, 0) is 37.9 Å². The van der Waals surface area contributed by atoms with Crippen LogP contribution >= 0.6 is 122 Å². The quantitative estimate of drug-likeness (QED) is 0.0441. The molecule has 0 amide bonds. The fraction of sp³-hybridized carbons (Fsp3) is 0.556. The molecule has 8 aromatic rings. The zero-order valence-corrected chi connectivity index (χ0v) is 78.5. The predicted molar refractivity (Wildman–Crippen MR) is 474 cm³/mol. The molecule has 8 aliphatic rings. The molecule has 8 fully saturated rings. The molecule has 8 aliphatic heterocycles.